The standard InChI is InChI=1S/C41H37Cl2F3N6O3/c1-24-19-32(51(21-25-8-12-27(53-4)13-9-25)22-26-10-14-28(54-5)15-11-26)50-36(34(24)41(44,45)46)29-20-31-33-37(35(29)42)48-23-49-39(33)52(17-18-55-31)40(2,3)30-7-6-16-47-38(30)43/h6-20,49H,21-23H2,1-5H3. The second-order valence-electron chi connectivity index (χ2n) is 13.5. The van der Waals surface area contributed by atoms with E-state index in [9.17, 15) is 0 Å². The van der Waals surface area contributed by atoms with Crippen molar-refractivity contribution in [3.05, 3.63) is 140 Å². The number of alkyl halides is 3. The predicted molar refractivity (Wildman–Crippen MR) is 206 cm³/mol. The van der Waals surface area contributed by atoms with Crippen LogP contribution in [-0.4, -0.2) is 35.8 Å². The minimum absolute atomic E-state index is 0.00632. The van der Waals surface area contributed by atoms with Gasteiger partial charge in [0.05, 0.1) is 46.6 Å². The Hall–Kier alpha value is -5.46. The number of benzene rings is 3. The molecule has 0 fully saturated rings. The van der Waals surface area contributed by atoms with Crippen LogP contribution in [0.25, 0.3) is 17.1 Å². The average molecular weight is 790 g/mol. The molecule has 0 spiro atoms. The summed E-state index contributed by atoms with van der Waals surface area (Å²) >= 11 is 13.7. The SMILES string of the molecule is COc1ccc(CN(Cc2ccc(OC)cc2)c2cc(C)c(C(F)(F)F)c(-c3cc4c5c(c3Cl)=NCNC=5N(C(C)(C)c3cccnc3Cl)C=CO4)n2)cc1. The third-order valence-electron chi connectivity index (χ3n) is 9.72. The number of anilines is 1. The van der Waals surface area contributed by atoms with Gasteiger partial charge < -0.3 is 29.3 Å². The van der Waals surface area contributed by atoms with E-state index in [1.807, 2.05) is 78.2 Å². The number of halogens is 5. The number of nitrogens with one attached hydrogen (secondary N) is 1. The molecule has 7 rings (SSSR count). The summed E-state index contributed by atoms with van der Waals surface area (Å²) in [6.07, 6.45) is 0.0438. The van der Waals surface area contributed by atoms with E-state index >= 15 is 13.2 Å². The lowest BCUT2D eigenvalue weighted by Gasteiger charge is -2.39. The number of methoxy groups -OCH3 is 2. The Morgan fingerprint density at radius 3 is 2.15 bits per heavy atom. The van der Waals surface area contributed by atoms with Crippen molar-refractivity contribution in [3.63, 3.8) is 0 Å². The highest BCUT2D eigenvalue weighted by molar-refractivity contribution is 6.33. The van der Waals surface area contributed by atoms with E-state index in [0.717, 1.165) is 16.7 Å². The number of nitrogens with zero attached hydrogens (tertiary/aromatic N) is 5. The molecule has 4 heterocycles. The monoisotopic (exact) mass is 788 g/mol. The largest absolute Gasteiger partial charge is 0.497 e. The number of aryl methyl sites for hydroxylation is 1. The van der Waals surface area contributed by atoms with Crippen molar-refractivity contribution < 1.29 is 27.4 Å². The van der Waals surface area contributed by atoms with Crippen molar-refractivity contribution in [2.45, 2.75) is 45.6 Å². The molecular formula is C41H37Cl2F3N6O3. The van der Waals surface area contributed by atoms with Gasteiger partial charge in [0.1, 0.15) is 47.0 Å². The summed E-state index contributed by atoms with van der Waals surface area (Å²) in [4.78, 5) is 17.6. The van der Waals surface area contributed by atoms with Gasteiger partial charge in [-0.25, -0.2) is 9.97 Å². The molecule has 9 nitrogen and oxygen atoms in total. The first-order chi connectivity index (χ1) is 26.3. The Morgan fingerprint density at radius 1 is 0.927 bits per heavy atom. The van der Waals surface area contributed by atoms with E-state index in [1.165, 1.54) is 25.3 Å². The van der Waals surface area contributed by atoms with Gasteiger partial charge >= 0.3 is 6.18 Å². The van der Waals surface area contributed by atoms with Gasteiger partial charge in [-0.1, -0.05) is 53.5 Å². The van der Waals surface area contributed by atoms with Crippen LogP contribution in [0.1, 0.15) is 41.7 Å². The van der Waals surface area contributed by atoms with Gasteiger partial charge in [-0.3, -0.25) is 4.99 Å². The molecule has 0 radical (unpaired) electrons. The van der Waals surface area contributed by atoms with E-state index in [2.05, 4.69) is 15.3 Å². The summed E-state index contributed by atoms with van der Waals surface area (Å²) in [5.41, 5.74) is 0.545. The molecule has 55 heavy (non-hydrogen) atoms. The lowest BCUT2D eigenvalue weighted by molar-refractivity contribution is -0.137. The Morgan fingerprint density at radius 2 is 1.56 bits per heavy atom. The van der Waals surface area contributed by atoms with E-state index in [1.54, 1.807) is 32.7 Å². The molecule has 0 aliphatic carbocycles. The number of hydrogen-bond acceptors (Lipinski definition) is 9. The molecule has 1 N–H and O–H groups in total. The molecule has 2 aliphatic heterocycles. The summed E-state index contributed by atoms with van der Waals surface area (Å²) in [7, 11) is 3.17. The smallest absolute Gasteiger partial charge is 0.418 e. The Kier molecular flexibility index (Phi) is 10.3. The molecule has 14 heteroatoms. The Labute approximate surface area is 326 Å². The molecule has 0 unspecified atom stereocenters. The number of rotatable bonds is 10. The summed E-state index contributed by atoms with van der Waals surface area (Å²) in [6.45, 7) is 6.13. The highest BCUT2D eigenvalue weighted by Gasteiger charge is 2.39. The second-order valence-corrected chi connectivity index (χ2v) is 14.3. The predicted octanol–water partition coefficient (Wildman–Crippen LogP) is 8.35. The van der Waals surface area contributed by atoms with E-state index < -0.39 is 17.3 Å². The highest BCUT2D eigenvalue weighted by atomic mass is 35.5. The van der Waals surface area contributed by atoms with E-state index in [4.69, 9.17) is 42.4 Å². The average Bonchev–Trinajstić information content (AvgIpc) is 3.36. The third kappa shape index (κ3) is 7.36. The number of hydrogen-bond donors (Lipinski definition) is 1. The van der Waals surface area contributed by atoms with Crippen LogP contribution in [0.15, 0.2) is 96.4 Å². The molecule has 3 aromatic carbocycles. The zero-order valence-corrected chi connectivity index (χ0v) is 32.1. The maximum absolute atomic E-state index is 15.1. The minimum Gasteiger partial charge on any atom is -0.497 e. The molecule has 0 atom stereocenters. The van der Waals surface area contributed by atoms with E-state index in [-0.39, 0.29) is 39.6 Å². The molecule has 284 valence electrons. The van der Waals surface area contributed by atoms with Crippen LogP contribution in [0.4, 0.5) is 19.0 Å². The number of aromatic nitrogens is 2. The van der Waals surface area contributed by atoms with Gasteiger partial charge in [0.15, 0.2) is 0 Å². The summed E-state index contributed by atoms with van der Waals surface area (Å²) in [5.74, 6) is 2.52. The topological polar surface area (TPSA) is 84.3 Å². The molecular weight excluding hydrogens is 752 g/mol. The molecule has 0 saturated carbocycles. The summed E-state index contributed by atoms with van der Waals surface area (Å²) in [6, 6.07) is 21.6. The van der Waals surface area contributed by atoms with Crippen molar-refractivity contribution in [2.24, 2.45) is 4.99 Å². The van der Waals surface area contributed by atoms with Crippen LogP contribution in [0, 0.1) is 6.92 Å². The molecule has 2 aliphatic rings. The minimum atomic E-state index is -4.77. The first-order valence-corrected chi connectivity index (χ1v) is 18.0. The molecule has 0 amide bonds. The Balaban J connectivity index is 1.41. The number of ether oxygens (including phenoxy) is 3. The summed E-state index contributed by atoms with van der Waals surface area (Å²) < 4.78 is 62.2. The van der Waals surface area contributed by atoms with Gasteiger partial charge in [-0.05, 0) is 79.9 Å². The van der Waals surface area contributed by atoms with Gasteiger partial charge in [0.25, 0.3) is 0 Å². The zero-order valence-electron chi connectivity index (χ0n) is 30.6. The van der Waals surface area contributed by atoms with Crippen LogP contribution in [0.3, 0.4) is 0 Å². The van der Waals surface area contributed by atoms with Gasteiger partial charge in [0.2, 0.25) is 0 Å². The fourth-order valence-electron chi connectivity index (χ4n) is 6.92. The van der Waals surface area contributed by atoms with Crippen molar-refractivity contribution in [1.82, 2.24) is 20.2 Å². The van der Waals surface area contributed by atoms with Crippen molar-refractivity contribution in [1.29, 1.82) is 0 Å². The maximum atomic E-state index is 15.1. The van der Waals surface area contributed by atoms with Crippen LogP contribution in [-0.2, 0) is 24.8 Å². The Bertz CT molecular complexity index is 2360. The van der Waals surface area contributed by atoms with Crippen molar-refractivity contribution in [2.75, 3.05) is 25.8 Å². The van der Waals surface area contributed by atoms with Crippen LogP contribution < -0.4 is 35.0 Å². The van der Waals surface area contributed by atoms with E-state index in [0.29, 0.717) is 46.6 Å². The van der Waals surface area contributed by atoms with Gasteiger partial charge in [0, 0.05) is 36.6 Å². The zero-order chi connectivity index (χ0) is 39.1. The highest BCUT2D eigenvalue weighted by Crippen LogP contribution is 2.43. The normalized spacial score (nSPS) is 13.6. The van der Waals surface area contributed by atoms with Crippen molar-refractivity contribution in [3.8, 4) is 28.5 Å². The second kappa shape index (κ2) is 15.0. The van der Waals surface area contributed by atoms with Crippen LogP contribution in [0.5, 0.6) is 17.2 Å². The molecule has 0 saturated heterocycles. The molecule has 0 bridgehead atoms. The van der Waals surface area contributed by atoms with Crippen LogP contribution >= 0.6 is 23.2 Å². The quantitative estimate of drug-likeness (QED) is 0.142. The first kappa shape index (κ1) is 37.8. The maximum Gasteiger partial charge on any atom is 0.418 e. The number of pyridine rings is 2. The molecule has 5 aromatic rings. The lowest BCUT2D eigenvalue weighted by atomic mass is 9.93. The third-order valence-corrected chi connectivity index (χ3v) is 10.4. The van der Waals surface area contributed by atoms with Crippen molar-refractivity contribution >= 4 is 34.8 Å². The summed E-state index contributed by atoms with van der Waals surface area (Å²) in [5, 5.41) is 4.42. The fourth-order valence-corrected chi connectivity index (χ4v) is 7.57. The van der Waals surface area contributed by atoms with Crippen LogP contribution in [0.2, 0.25) is 10.2 Å². The van der Waals surface area contributed by atoms with Gasteiger partial charge in [-0.15, -0.1) is 0 Å². The fraction of sp³-hybridized carbons (Fsp3) is 0.244. The first-order valence-electron chi connectivity index (χ1n) is 17.3. The molecule has 2 aromatic heterocycles. The lowest BCUT2D eigenvalue weighted by Crippen LogP contribution is -2.49. The van der Waals surface area contributed by atoms with Gasteiger partial charge in [-0.2, -0.15) is 13.2 Å².